The van der Waals surface area contributed by atoms with Crippen LogP contribution in [-0.2, 0) is 14.9 Å². The molecule has 0 aromatic heterocycles. The number of anilines is 1. The van der Waals surface area contributed by atoms with Gasteiger partial charge in [-0.25, -0.2) is 4.79 Å². The lowest BCUT2D eigenvalue weighted by Crippen LogP contribution is -2.58. The first-order valence-electron chi connectivity index (χ1n) is 9.85. The average molecular weight is 350 g/mol. The lowest BCUT2D eigenvalue weighted by Gasteiger charge is -2.53. The summed E-state index contributed by atoms with van der Waals surface area (Å²) >= 11 is 0. The summed E-state index contributed by atoms with van der Waals surface area (Å²) in [4.78, 5) is 15.6. The Hall–Kier alpha value is -2.07. The number of nitrogens with one attached hydrogen (secondary N) is 1. The number of ether oxygens (including phenoxy) is 1. The molecule has 1 aromatic rings. The van der Waals surface area contributed by atoms with E-state index in [1.165, 1.54) is 5.56 Å². The van der Waals surface area contributed by atoms with E-state index < -0.39 is 0 Å². The van der Waals surface area contributed by atoms with Crippen molar-refractivity contribution in [3.05, 3.63) is 53.3 Å². The minimum Gasteiger partial charge on any atom is -0.463 e. The predicted octanol–water partition coefficient (Wildman–Crippen LogP) is 3.61. The second-order valence-corrected chi connectivity index (χ2v) is 8.03. The Labute approximate surface area is 154 Å². The van der Waals surface area contributed by atoms with E-state index in [1.807, 2.05) is 6.92 Å². The molecule has 1 N–H and O–H groups in total. The standard InChI is InChI=1S/C22H26N2O2/c1-3-21-10-7-12-24-13-11-22(20(21)24)16-8-5-6-9-17(16)23-18(22)15(14-21)19(25)26-4-2/h5-10,20,23H,3-4,11-14H2,1-2H3/t20-,21-,22+/m0/s1. The minimum atomic E-state index is -0.147. The van der Waals surface area contributed by atoms with Gasteiger partial charge in [-0.2, -0.15) is 0 Å². The van der Waals surface area contributed by atoms with Gasteiger partial charge in [0.15, 0.2) is 0 Å². The van der Waals surface area contributed by atoms with Gasteiger partial charge in [-0.1, -0.05) is 37.3 Å². The Kier molecular flexibility index (Phi) is 3.39. The van der Waals surface area contributed by atoms with Crippen LogP contribution in [0.2, 0.25) is 0 Å². The van der Waals surface area contributed by atoms with E-state index >= 15 is 0 Å². The number of rotatable bonds is 3. The van der Waals surface area contributed by atoms with Crippen molar-refractivity contribution in [2.24, 2.45) is 5.41 Å². The number of hydrogen-bond donors (Lipinski definition) is 1. The summed E-state index contributed by atoms with van der Waals surface area (Å²) in [6.07, 6.45) is 7.56. The van der Waals surface area contributed by atoms with Crippen molar-refractivity contribution in [2.45, 2.75) is 44.6 Å². The van der Waals surface area contributed by atoms with Gasteiger partial charge < -0.3 is 10.1 Å². The summed E-state index contributed by atoms with van der Waals surface area (Å²) in [6.45, 7) is 6.65. The number of carbonyl (C=O) groups is 1. The normalized spacial score (nSPS) is 34.2. The van der Waals surface area contributed by atoms with E-state index in [1.54, 1.807) is 0 Å². The van der Waals surface area contributed by atoms with Crippen molar-refractivity contribution in [1.29, 1.82) is 0 Å². The van der Waals surface area contributed by atoms with Gasteiger partial charge in [0.1, 0.15) is 0 Å². The van der Waals surface area contributed by atoms with Crippen molar-refractivity contribution in [3.8, 4) is 0 Å². The van der Waals surface area contributed by atoms with E-state index in [4.69, 9.17) is 4.74 Å². The van der Waals surface area contributed by atoms with Crippen LogP contribution in [0.15, 0.2) is 47.7 Å². The van der Waals surface area contributed by atoms with Crippen LogP contribution >= 0.6 is 0 Å². The highest BCUT2D eigenvalue weighted by molar-refractivity contribution is 5.93. The summed E-state index contributed by atoms with van der Waals surface area (Å²) in [6, 6.07) is 9.02. The fourth-order valence-electron chi connectivity index (χ4n) is 6.11. The summed E-state index contributed by atoms with van der Waals surface area (Å²) in [5.41, 5.74) is 4.38. The van der Waals surface area contributed by atoms with E-state index in [9.17, 15) is 4.79 Å². The second-order valence-electron chi connectivity index (χ2n) is 8.03. The van der Waals surface area contributed by atoms with Gasteiger partial charge in [0, 0.05) is 35.9 Å². The maximum Gasteiger partial charge on any atom is 0.335 e. The van der Waals surface area contributed by atoms with Crippen molar-refractivity contribution in [3.63, 3.8) is 0 Å². The van der Waals surface area contributed by atoms with Gasteiger partial charge in [0.2, 0.25) is 0 Å². The first-order valence-corrected chi connectivity index (χ1v) is 9.85. The molecule has 3 heterocycles. The van der Waals surface area contributed by atoms with Gasteiger partial charge in [0.25, 0.3) is 0 Å². The fourth-order valence-corrected chi connectivity index (χ4v) is 6.11. The number of nitrogens with zero attached hydrogens (tertiary/aromatic N) is 1. The predicted molar refractivity (Wildman–Crippen MR) is 102 cm³/mol. The highest BCUT2D eigenvalue weighted by Gasteiger charge is 2.65. The largest absolute Gasteiger partial charge is 0.463 e. The third-order valence-corrected chi connectivity index (χ3v) is 7.06. The molecule has 26 heavy (non-hydrogen) atoms. The molecule has 0 radical (unpaired) electrons. The van der Waals surface area contributed by atoms with Crippen LogP contribution in [0.3, 0.4) is 0 Å². The quantitative estimate of drug-likeness (QED) is 0.668. The molecule has 1 aromatic carbocycles. The monoisotopic (exact) mass is 350 g/mol. The second kappa shape index (κ2) is 5.46. The molecule has 4 nitrogen and oxygen atoms in total. The molecule has 0 unspecified atom stereocenters. The topological polar surface area (TPSA) is 41.6 Å². The van der Waals surface area contributed by atoms with Crippen LogP contribution in [0.5, 0.6) is 0 Å². The molecule has 0 bridgehead atoms. The molecule has 1 spiro atoms. The van der Waals surface area contributed by atoms with Crippen molar-refractivity contribution in [2.75, 3.05) is 25.0 Å². The van der Waals surface area contributed by atoms with E-state index in [2.05, 4.69) is 53.6 Å². The van der Waals surface area contributed by atoms with Gasteiger partial charge >= 0.3 is 5.97 Å². The Morgan fingerprint density at radius 2 is 2.19 bits per heavy atom. The van der Waals surface area contributed by atoms with Crippen LogP contribution in [0, 0.1) is 5.41 Å². The number of hydrogen-bond acceptors (Lipinski definition) is 4. The van der Waals surface area contributed by atoms with Gasteiger partial charge in [-0.15, -0.1) is 0 Å². The summed E-state index contributed by atoms with van der Waals surface area (Å²) in [5.74, 6) is -0.147. The van der Waals surface area contributed by atoms with Crippen molar-refractivity contribution < 1.29 is 9.53 Å². The Morgan fingerprint density at radius 3 is 3.00 bits per heavy atom. The molecular weight excluding hydrogens is 324 g/mol. The maximum absolute atomic E-state index is 12.9. The van der Waals surface area contributed by atoms with Crippen LogP contribution in [0.4, 0.5) is 5.69 Å². The number of benzene rings is 1. The molecule has 136 valence electrons. The number of esters is 1. The highest BCUT2D eigenvalue weighted by Crippen LogP contribution is 2.64. The fraction of sp³-hybridized carbons (Fsp3) is 0.500. The number of para-hydroxylation sites is 1. The van der Waals surface area contributed by atoms with E-state index in [0.717, 1.165) is 49.3 Å². The third-order valence-electron chi connectivity index (χ3n) is 7.06. The molecule has 3 atom stereocenters. The van der Waals surface area contributed by atoms with Crippen LogP contribution in [0.25, 0.3) is 0 Å². The van der Waals surface area contributed by atoms with Crippen LogP contribution in [0.1, 0.15) is 38.7 Å². The molecular formula is C22H26N2O2. The first kappa shape index (κ1) is 16.1. The number of carbonyl (C=O) groups excluding carboxylic acids is 1. The lowest BCUT2D eigenvalue weighted by atomic mass is 9.55. The minimum absolute atomic E-state index is 0.000520. The molecule has 1 fully saturated rings. The summed E-state index contributed by atoms with van der Waals surface area (Å²) in [5, 5.41) is 3.65. The third kappa shape index (κ3) is 1.81. The zero-order valence-electron chi connectivity index (χ0n) is 15.5. The summed E-state index contributed by atoms with van der Waals surface area (Å²) < 4.78 is 5.49. The molecule has 4 heteroatoms. The van der Waals surface area contributed by atoms with Crippen LogP contribution in [-0.4, -0.2) is 36.6 Å². The Bertz CT molecular complexity index is 842. The summed E-state index contributed by atoms with van der Waals surface area (Å²) in [7, 11) is 0. The number of fused-ring (bicyclic) bond motifs is 1. The molecule has 0 saturated carbocycles. The molecule has 5 rings (SSSR count). The lowest BCUT2D eigenvalue weighted by molar-refractivity contribution is -0.139. The van der Waals surface area contributed by atoms with Gasteiger partial charge in [-0.3, -0.25) is 4.90 Å². The van der Waals surface area contributed by atoms with Gasteiger partial charge in [-0.05, 0) is 37.8 Å². The molecule has 3 aliphatic heterocycles. The zero-order chi connectivity index (χ0) is 17.9. The molecule has 1 aliphatic carbocycles. The maximum atomic E-state index is 12.9. The smallest absolute Gasteiger partial charge is 0.335 e. The Morgan fingerprint density at radius 1 is 1.35 bits per heavy atom. The first-order chi connectivity index (χ1) is 12.7. The van der Waals surface area contributed by atoms with Gasteiger partial charge in [0.05, 0.1) is 17.6 Å². The molecule has 4 aliphatic rings. The van der Waals surface area contributed by atoms with E-state index in [-0.39, 0.29) is 16.8 Å². The average Bonchev–Trinajstić information content (AvgIpc) is 3.22. The highest BCUT2D eigenvalue weighted by atomic mass is 16.5. The van der Waals surface area contributed by atoms with Crippen molar-refractivity contribution in [1.82, 2.24) is 4.90 Å². The SMILES string of the molecule is CCOC(=O)C1=C2Nc3ccccc3[C@]23CCN2CC=C[C@@](CC)(C1)[C@H]23. The van der Waals surface area contributed by atoms with Crippen molar-refractivity contribution >= 4 is 11.7 Å². The molecule has 1 saturated heterocycles. The van der Waals surface area contributed by atoms with Crippen LogP contribution < -0.4 is 5.32 Å². The zero-order valence-corrected chi connectivity index (χ0v) is 15.5. The van der Waals surface area contributed by atoms with E-state index in [0.29, 0.717) is 12.6 Å². The molecule has 0 amide bonds. The Balaban J connectivity index is 1.79.